The van der Waals surface area contributed by atoms with Crippen LogP contribution in [0.5, 0.6) is 11.5 Å². The Labute approximate surface area is 202 Å². The number of aromatic nitrogens is 4. The van der Waals surface area contributed by atoms with Crippen LogP contribution in [0.2, 0.25) is 0 Å². The Morgan fingerprint density at radius 2 is 1.97 bits per heavy atom. The molecule has 0 saturated carbocycles. The lowest BCUT2D eigenvalue weighted by Gasteiger charge is -2.20. The van der Waals surface area contributed by atoms with Gasteiger partial charge >= 0.3 is 0 Å². The molecule has 3 N–H and O–H groups in total. The van der Waals surface area contributed by atoms with Crippen LogP contribution in [-0.2, 0) is 6.54 Å². The van der Waals surface area contributed by atoms with Crippen molar-refractivity contribution < 1.29 is 13.9 Å². The van der Waals surface area contributed by atoms with Crippen molar-refractivity contribution >= 4 is 28.7 Å². The van der Waals surface area contributed by atoms with Crippen LogP contribution in [0.25, 0.3) is 22.5 Å². The lowest BCUT2D eigenvalue weighted by atomic mass is 10.1. The van der Waals surface area contributed by atoms with Gasteiger partial charge in [-0.05, 0) is 64.4 Å². The molecule has 0 atom stereocenters. The van der Waals surface area contributed by atoms with Crippen molar-refractivity contribution in [3.63, 3.8) is 0 Å². The zero-order valence-corrected chi connectivity index (χ0v) is 20.3. The molecular weight excluding hydrogens is 452 g/mol. The zero-order valence-electron chi connectivity index (χ0n) is 19.5. The monoisotopic (exact) mass is 480 g/mol. The van der Waals surface area contributed by atoms with Gasteiger partial charge < -0.3 is 29.5 Å². The fourth-order valence-electron chi connectivity index (χ4n) is 3.80. The third-order valence-corrected chi connectivity index (χ3v) is 6.50. The molecule has 34 heavy (non-hydrogen) atoms. The second kappa shape index (κ2) is 9.19. The molecule has 0 saturated heterocycles. The minimum atomic E-state index is 0.103. The average Bonchev–Trinajstić information content (AvgIpc) is 3.53. The maximum absolute atomic E-state index is 6.14. The molecule has 0 spiro atoms. The number of imidazole rings is 1. The number of rotatable bonds is 8. The van der Waals surface area contributed by atoms with Crippen LogP contribution in [0, 0.1) is 0 Å². The summed E-state index contributed by atoms with van der Waals surface area (Å²) < 4.78 is 19.0. The molecule has 1 aromatic carbocycles. The number of benzene rings is 1. The van der Waals surface area contributed by atoms with Crippen molar-refractivity contribution in [2.45, 2.75) is 55.7 Å². The third-order valence-electron chi connectivity index (χ3n) is 5.45. The van der Waals surface area contributed by atoms with Crippen LogP contribution in [0.4, 0.5) is 5.82 Å². The molecule has 0 amide bonds. The molecule has 0 bridgehead atoms. The maximum Gasteiger partial charge on any atom is 0.231 e. The molecule has 4 heterocycles. The van der Waals surface area contributed by atoms with Gasteiger partial charge in [-0.25, -0.2) is 15.0 Å². The van der Waals surface area contributed by atoms with Crippen LogP contribution in [0.15, 0.2) is 51.3 Å². The first-order chi connectivity index (χ1) is 16.4. The van der Waals surface area contributed by atoms with Crippen molar-refractivity contribution in [2.24, 2.45) is 0 Å². The van der Waals surface area contributed by atoms with Crippen molar-refractivity contribution in [3.8, 4) is 22.8 Å². The lowest BCUT2D eigenvalue weighted by Crippen LogP contribution is -2.36. The summed E-state index contributed by atoms with van der Waals surface area (Å²) >= 11 is 1.52. The topological polar surface area (TPSA) is 113 Å². The first-order valence-electron chi connectivity index (χ1n) is 11.3. The molecule has 10 heteroatoms. The van der Waals surface area contributed by atoms with Crippen molar-refractivity contribution in [3.05, 3.63) is 36.9 Å². The number of nitrogens with two attached hydrogens (primary N) is 1. The minimum Gasteiger partial charge on any atom is -0.464 e. The highest BCUT2D eigenvalue weighted by Gasteiger charge is 2.23. The molecule has 0 aliphatic carbocycles. The van der Waals surface area contributed by atoms with Gasteiger partial charge in [-0.1, -0.05) is 11.8 Å². The first kappa shape index (κ1) is 22.5. The third kappa shape index (κ3) is 4.69. The highest BCUT2D eigenvalue weighted by atomic mass is 32.2. The van der Waals surface area contributed by atoms with E-state index in [2.05, 4.69) is 40.6 Å². The molecule has 4 aromatic rings. The minimum absolute atomic E-state index is 0.103. The Morgan fingerprint density at radius 3 is 2.74 bits per heavy atom. The highest BCUT2D eigenvalue weighted by Crippen LogP contribution is 2.45. The Bertz CT molecular complexity index is 1300. The van der Waals surface area contributed by atoms with Gasteiger partial charge in [-0.2, -0.15) is 0 Å². The fourth-order valence-corrected chi connectivity index (χ4v) is 4.86. The van der Waals surface area contributed by atoms with Gasteiger partial charge in [-0.15, -0.1) is 0 Å². The van der Waals surface area contributed by atoms with E-state index in [0.717, 1.165) is 53.0 Å². The first-order valence-corrected chi connectivity index (χ1v) is 12.1. The number of furan rings is 1. The summed E-state index contributed by atoms with van der Waals surface area (Å²) in [5.74, 6) is 2.52. The lowest BCUT2D eigenvalue weighted by molar-refractivity contribution is 0.174. The van der Waals surface area contributed by atoms with Gasteiger partial charge in [0.1, 0.15) is 12.1 Å². The number of nitrogens with zero attached hydrogens (tertiary/aromatic N) is 4. The van der Waals surface area contributed by atoms with Crippen LogP contribution < -0.4 is 20.5 Å². The van der Waals surface area contributed by atoms with Crippen LogP contribution in [0.3, 0.4) is 0 Å². The molecule has 0 fully saturated rings. The molecule has 178 valence electrons. The van der Waals surface area contributed by atoms with Gasteiger partial charge in [0.05, 0.1) is 6.26 Å². The number of fused-ring (bicyclic) bond motifs is 2. The normalized spacial score (nSPS) is 13.1. The zero-order chi connectivity index (χ0) is 23.7. The molecule has 0 radical (unpaired) electrons. The van der Waals surface area contributed by atoms with E-state index >= 15 is 0 Å². The smallest absolute Gasteiger partial charge is 0.231 e. The summed E-state index contributed by atoms with van der Waals surface area (Å²) in [4.78, 5) is 14.4. The van der Waals surface area contributed by atoms with Crippen molar-refractivity contribution in [1.82, 2.24) is 24.8 Å². The Kier molecular flexibility index (Phi) is 6.09. The number of nitrogen functional groups attached to an aromatic ring is 1. The van der Waals surface area contributed by atoms with Gasteiger partial charge in [0, 0.05) is 22.5 Å². The summed E-state index contributed by atoms with van der Waals surface area (Å²) in [6.45, 7) is 8.43. The SMILES string of the molecule is CC(C)(C)NCCCCn1c(Sc2cc3c(cc2-c2ccco2)OCO3)nc2c(N)ncnc21. The molecule has 0 unspecified atom stereocenters. The average molecular weight is 481 g/mol. The molecule has 1 aliphatic heterocycles. The van der Waals surface area contributed by atoms with Gasteiger partial charge in [0.15, 0.2) is 33.6 Å². The van der Waals surface area contributed by atoms with Crippen LogP contribution in [-0.4, -0.2) is 38.4 Å². The highest BCUT2D eigenvalue weighted by molar-refractivity contribution is 7.99. The van der Waals surface area contributed by atoms with E-state index in [0.29, 0.717) is 22.8 Å². The van der Waals surface area contributed by atoms with Gasteiger partial charge in [0.25, 0.3) is 0 Å². The summed E-state index contributed by atoms with van der Waals surface area (Å²) in [6, 6.07) is 7.71. The molecule has 9 nitrogen and oxygen atoms in total. The standard InChI is InChI=1S/C24H28N6O3S/c1-24(2,3)28-8-4-5-9-30-22-20(21(25)26-13-27-22)29-23(30)34-19-12-18-17(32-14-33-18)11-15(19)16-7-6-10-31-16/h6-7,10-13,28H,4-5,8-9,14H2,1-3H3,(H2,25,26,27). The Hall–Kier alpha value is -3.24. The van der Waals surface area contributed by atoms with Gasteiger partial charge in [0.2, 0.25) is 6.79 Å². The predicted octanol–water partition coefficient (Wildman–Crippen LogP) is 4.72. The molecule has 3 aromatic heterocycles. The van der Waals surface area contributed by atoms with Gasteiger partial charge in [-0.3, -0.25) is 0 Å². The van der Waals surface area contributed by atoms with Crippen molar-refractivity contribution in [2.75, 3.05) is 19.1 Å². The number of unbranched alkanes of at least 4 members (excludes halogenated alkanes) is 1. The molecular formula is C24H28N6O3S. The number of ether oxygens (including phenoxy) is 2. The maximum atomic E-state index is 6.14. The number of nitrogens with one attached hydrogen (secondary N) is 1. The number of hydrogen-bond donors (Lipinski definition) is 2. The van der Waals surface area contributed by atoms with E-state index in [1.807, 2.05) is 24.3 Å². The number of anilines is 1. The number of hydrogen-bond acceptors (Lipinski definition) is 9. The molecule has 5 rings (SSSR count). The largest absolute Gasteiger partial charge is 0.464 e. The van der Waals surface area contributed by atoms with E-state index in [4.69, 9.17) is 24.6 Å². The number of aryl methyl sites for hydroxylation is 1. The van der Waals surface area contributed by atoms with E-state index < -0.39 is 0 Å². The van der Waals surface area contributed by atoms with Crippen LogP contribution >= 0.6 is 11.8 Å². The fraction of sp³-hybridized carbons (Fsp3) is 0.375. The van der Waals surface area contributed by atoms with E-state index in [1.54, 1.807) is 6.26 Å². The van der Waals surface area contributed by atoms with E-state index in [-0.39, 0.29) is 12.3 Å². The van der Waals surface area contributed by atoms with E-state index in [1.165, 1.54) is 18.1 Å². The second-order valence-corrected chi connectivity index (χ2v) is 10.2. The predicted molar refractivity (Wildman–Crippen MR) is 131 cm³/mol. The quantitative estimate of drug-likeness (QED) is 0.346. The Balaban J connectivity index is 1.47. The second-order valence-electron chi connectivity index (χ2n) is 9.14. The Morgan fingerprint density at radius 1 is 1.15 bits per heavy atom. The summed E-state index contributed by atoms with van der Waals surface area (Å²) in [5.41, 5.74) is 8.50. The van der Waals surface area contributed by atoms with Crippen LogP contribution in [0.1, 0.15) is 33.6 Å². The summed E-state index contributed by atoms with van der Waals surface area (Å²) in [6.07, 6.45) is 5.15. The summed E-state index contributed by atoms with van der Waals surface area (Å²) in [5, 5.41) is 4.33. The van der Waals surface area contributed by atoms with Crippen molar-refractivity contribution in [1.29, 1.82) is 0 Å². The summed E-state index contributed by atoms with van der Waals surface area (Å²) in [7, 11) is 0. The molecule has 1 aliphatic rings. The van der Waals surface area contributed by atoms with E-state index in [9.17, 15) is 0 Å².